The van der Waals surface area contributed by atoms with Gasteiger partial charge in [-0.05, 0) is 18.3 Å². The molecule has 0 saturated carbocycles. The van der Waals surface area contributed by atoms with Crippen LogP contribution in [0.2, 0.25) is 10.0 Å². The first kappa shape index (κ1) is 9.64. The van der Waals surface area contributed by atoms with Gasteiger partial charge in [0.25, 0.3) is 0 Å². The predicted molar refractivity (Wildman–Crippen MR) is 54.9 cm³/mol. The lowest BCUT2D eigenvalue weighted by atomic mass is 10.3. The molecule has 0 aliphatic rings. The third-order valence-electron chi connectivity index (χ3n) is 1.47. The summed E-state index contributed by atoms with van der Waals surface area (Å²) in [4.78, 5) is 7.98. The molecule has 0 amide bonds. The van der Waals surface area contributed by atoms with Crippen molar-refractivity contribution in [2.45, 2.75) is 0 Å². The molecule has 1 N–H and O–H groups in total. The van der Waals surface area contributed by atoms with Gasteiger partial charge in [0, 0.05) is 6.20 Å². The Labute approximate surface area is 93.9 Å². The number of H-pyrrole nitrogens is 1. The number of hydrogen-bond donors (Lipinski definition) is 1. The van der Waals surface area contributed by atoms with Crippen molar-refractivity contribution in [3.8, 4) is 11.5 Å². The van der Waals surface area contributed by atoms with E-state index < -0.39 is 0 Å². The fourth-order valence-electron chi connectivity index (χ4n) is 0.919. The number of nitrogens with one attached hydrogen (secondary N) is 1. The molecule has 14 heavy (non-hydrogen) atoms. The van der Waals surface area contributed by atoms with E-state index in [1.54, 1.807) is 6.07 Å². The van der Waals surface area contributed by atoms with Gasteiger partial charge in [-0.15, -0.1) is 0 Å². The highest BCUT2D eigenvalue weighted by Gasteiger charge is 2.09. The van der Waals surface area contributed by atoms with Crippen LogP contribution in [0.25, 0.3) is 11.5 Å². The highest BCUT2D eigenvalue weighted by molar-refractivity contribution is 7.71. The second kappa shape index (κ2) is 3.68. The molecule has 0 spiro atoms. The third kappa shape index (κ3) is 1.79. The van der Waals surface area contributed by atoms with Gasteiger partial charge < -0.3 is 4.52 Å². The number of aromatic amines is 1. The minimum absolute atomic E-state index is 0.104. The van der Waals surface area contributed by atoms with Crippen LogP contribution in [0.1, 0.15) is 0 Å². The summed E-state index contributed by atoms with van der Waals surface area (Å²) in [6.45, 7) is 0. The molecule has 2 aromatic rings. The number of aromatic nitrogens is 3. The average Bonchev–Trinajstić information content (AvgIpc) is 2.51. The Kier molecular flexibility index (Phi) is 2.54. The van der Waals surface area contributed by atoms with Crippen LogP contribution >= 0.6 is 35.4 Å². The van der Waals surface area contributed by atoms with Gasteiger partial charge in [-0.3, -0.25) is 0 Å². The third-order valence-corrected chi connectivity index (χ3v) is 2.14. The van der Waals surface area contributed by atoms with Gasteiger partial charge in [0.15, 0.2) is 5.82 Å². The van der Waals surface area contributed by atoms with E-state index in [2.05, 4.69) is 15.1 Å². The van der Waals surface area contributed by atoms with Gasteiger partial charge in [0.1, 0.15) is 5.69 Å². The zero-order valence-electron chi connectivity index (χ0n) is 6.62. The van der Waals surface area contributed by atoms with Crippen molar-refractivity contribution < 1.29 is 4.52 Å². The van der Waals surface area contributed by atoms with Crippen molar-refractivity contribution in [2.75, 3.05) is 0 Å². The molecule has 0 atom stereocenters. The van der Waals surface area contributed by atoms with E-state index in [1.807, 2.05) is 0 Å². The van der Waals surface area contributed by atoms with Crippen molar-refractivity contribution >= 4 is 35.4 Å². The minimum Gasteiger partial charge on any atom is -0.348 e. The van der Waals surface area contributed by atoms with Gasteiger partial charge in [0.05, 0.1) is 10.0 Å². The topological polar surface area (TPSA) is 54.7 Å². The number of rotatable bonds is 1. The molecule has 0 bridgehead atoms. The lowest BCUT2D eigenvalue weighted by Gasteiger charge is -1.97. The van der Waals surface area contributed by atoms with Crippen LogP contribution in [0.3, 0.4) is 0 Å². The molecule has 72 valence electrons. The summed E-state index contributed by atoms with van der Waals surface area (Å²) < 4.78 is 4.75. The second-order valence-electron chi connectivity index (χ2n) is 2.41. The van der Waals surface area contributed by atoms with E-state index in [1.165, 1.54) is 6.20 Å². The highest BCUT2D eigenvalue weighted by Crippen LogP contribution is 2.25. The molecular formula is C7H3Cl2N3OS. The molecule has 0 aromatic carbocycles. The molecule has 0 saturated heterocycles. The van der Waals surface area contributed by atoms with Gasteiger partial charge >= 0.3 is 4.84 Å². The summed E-state index contributed by atoms with van der Waals surface area (Å²) in [5.41, 5.74) is 0.455. The minimum atomic E-state index is 0.104. The van der Waals surface area contributed by atoms with Gasteiger partial charge in [0.2, 0.25) is 0 Å². The van der Waals surface area contributed by atoms with E-state index in [0.29, 0.717) is 21.6 Å². The normalized spacial score (nSPS) is 10.4. The van der Waals surface area contributed by atoms with Crippen LogP contribution in [-0.2, 0) is 0 Å². The van der Waals surface area contributed by atoms with Gasteiger partial charge in [-0.1, -0.05) is 23.2 Å². The maximum Gasteiger partial charge on any atom is 0.314 e. The van der Waals surface area contributed by atoms with Crippen LogP contribution in [0, 0.1) is 4.84 Å². The average molecular weight is 248 g/mol. The molecule has 0 aliphatic carbocycles. The molecule has 4 nitrogen and oxygen atoms in total. The Balaban J connectivity index is 2.57. The molecular weight excluding hydrogens is 245 g/mol. The Morgan fingerprint density at radius 3 is 2.79 bits per heavy atom. The summed E-state index contributed by atoms with van der Waals surface area (Å²) in [6, 6.07) is 1.57. The number of pyridine rings is 1. The van der Waals surface area contributed by atoms with E-state index in [4.69, 9.17) is 39.9 Å². The van der Waals surface area contributed by atoms with Crippen LogP contribution in [-0.4, -0.2) is 15.1 Å². The quantitative estimate of drug-likeness (QED) is 0.788. The maximum absolute atomic E-state index is 5.89. The zero-order chi connectivity index (χ0) is 10.1. The zero-order valence-corrected chi connectivity index (χ0v) is 8.95. The van der Waals surface area contributed by atoms with Crippen LogP contribution < -0.4 is 0 Å². The van der Waals surface area contributed by atoms with E-state index in [9.17, 15) is 0 Å². The Hall–Kier alpha value is -0.910. The lowest BCUT2D eigenvalue weighted by Crippen LogP contribution is -1.86. The van der Waals surface area contributed by atoms with Crippen LogP contribution in [0.15, 0.2) is 16.8 Å². The molecule has 0 aliphatic heterocycles. The first-order valence-corrected chi connectivity index (χ1v) is 4.70. The fraction of sp³-hybridized carbons (Fsp3) is 0. The summed E-state index contributed by atoms with van der Waals surface area (Å²) >= 11 is 16.3. The molecule has 0 radical (unpaired) electrons. The van der Waals surface area contributed by atoms with Crippen molar-refractivity contribution in [2.24, 2.45) is 0 Å². The number of halogens is 2. The maximum atomic E-state index is 5.89. The number of nitrogens with zero attached hydrogens (tertiary/aromatic N) is 2. The van der Waals surface area contributed by atoms with Gasteiger partial charge in [-0.2, -0.15) is 10.1 Å². The van der Waals surface area contributed by atoms with E-state index in [0.717, 1.165) is 0 Å². The summed E-state index contributed by atoms with van der Waals surface area (Å²) in [6.07, 6.45) is 1.47. The fourth-order valence-corrected chi connectivity index (χ4v) is 1.52. The van der Waals surface area contributed by atoms with Crippen molar-refractivity contribution in [3.63, 3.8) is 0 Å². The van der Waals surface area contributed by atoms with Crippen LogP contribution in [0.5, 0.6) is 0 Å². The Bertz CT molecular complexity index is 522. The monoisotopic (exact) mass is 247 g/mol. The summed E-state index contributed by atoms with van der Waals surface area (Å²) in [5.74, 6) is 0.386. The van der Waals surface area contributed by atoms with E-state index in [-0.39, 0.29) is 4.84 Å². The van der Waals surface area contributed by atoms with Crippen molar-refractivity contribution in [1.29, 1.82) is 0 Å². The molecule has 2 aromatic heterocycles. The summed E-state index contributed by atoms with van der Waals surface area (Å²) in [5, 5.41) is 3.35. The molecule has 2 rings (SSSR count). The second-order valence-corrected chi connectivity index (χ2v) is 3.61. The standard InChI is InChI=1S/C7H3Cl2N3OS/c8-3-1-4(9)5(10-2-3)6-11-7(14)13-12-6/h1-2H,(H,11,12,14). The van der Waals surface area contributed by atoms with Crippen molar-refractivity contribution in [3.05, 3.63) is 27.1 Å². The first-order valence-electron chi connectivity index (χ1n) is 3.54. The van der Waals surface area contributed by atoms with E-state index >= 15 is 0 Å². The van der Waals surface area contributed by atoms with Crippen molar-refractivity contribution in [1.82, 2.24) is 15.1 Å². The number of hydrogen-bond acceptors (Lipinski definition) is 4. The highest BCUT2D eigenvalue weighted by atomic mass is 35.5. The molecule has 0 unspecified atom stereocenters. The SMILES string of the molecule is S=c1nc(-c2ncc(Cl)cc2Cl)[nH]o1. The smallest absolute Gasteiger partial charge is 0.314 e. The first-order chi connectivity index (χ1) is 6.66. The Morgan fingerprint density at radius 1 is 1.43 bits per heavy atom. The largest absolute Gasteiger partial charge is 0.348 e. The Morgan fingerprint density at radius 2 is 2.21 bits per heavy atom. The van der Waals surface area contributed by atoms with Crippen LogP contribution in [0.4, 0.5) is 0 Å². The predicted octanol–water partition coefficient (Wildman–Crippen LogP) is 3.10. The van der Waals surface area contributed by atoms with Gasteiger partial charge in [-0.25, -0.2) is 4.98 Å². The molecule has 2 heterocycles. The molecule has 0 fully saturated rings. The lowest BCUT2D eigenvalue weighted by molar-refractivity contribution is 0.406. The molecule has 7 heteroatoms. The summed E-state index contributed by atoms with van der Waals surface area (Å²) in [7, 11) is 0.